The number of anilines is 2. The molecule has 0 fully saturated rings. The van der Waals surface area contributed by atoms with Crippen LogP contribution in [0.4, 0.5) is 11.5 Å². The lowest BCUT2D eigenvalue weighted by Crippen LogP contribution is -2.44. The number of rotatable bonds is 5. The molecule has 1 heterocycles. The Bertz CT molecular complexity index is 378. The molecule has 98 valence electrons. The highest BCUT2D eigenvalue weighted by atomic mass is 15.3. The molecule has 1 aromatic heterocycles. The van der Waals surface area contributed by atoms with E-state index in [1.807, 2.05) is 11.7 Å². The van der Waals surface area contributed by atoms with E-state index >= 15 is 0 Å². The monoisotopic (exact) mass is 239 g/mol. The van der Waals surface area contributed by atoms with Crippen molar-refractivity contribution in [1.29, 1.82) is 0 Å². The summed E-state index contributed by atoms with van der Waals surface area (Å²) in [5, 5.41) is 7.78. The van der Waals surface area contributed by atoms with Crippen molar-refractivity contribution >= 4 is 11.5 Å². The second-order valence-corrected chi connectivity index (χ2v) is 5.25. The number of hydrogen-bond donors (Lipinski definition) is 2. The lowest BCUT2D eigenvalue weighted by Gasteiger charge is -2.33. The summed E-state index contributed by atoms with van der Waals surface area (Å²) in [5.41, 5.74) is 7.86. The summed E-state index contributed by atoms with van der Waals surface area (Å²) in [6.07, 6.45) is 0.860. The molecular formula is C12H25N5. The predicted molar refractivity (Wildman–Crippen MR) is 73.3 cm³/mol. The average Bonchev–Trinajstić information content (AvgIpc) is 2.51. The van der Waals surface area contributed by atoms with Gasteiger partial charge in [-0.1, -0.05) is 6.92 Å². The molecule has 1 rings (SSSR count). The van der Waals surface area contributed by atoms with Crippen molar-refractivity contribution in [3.8, 4) is 0 Å². The van der Waals surface area contributed by atoms with E-state index in [1.165, 1.54) is 0 Å². The van der Waals surface area contributed by atoms with Crippen LogP contribution in [-0.4, -0.2) is 40.9 Å². The first-order valence-electron chi connectivity index (χ1n) is 6.02. The molecule has 0 unspecified atom stereocenters. The Morgan fingerprint density at radius 1 is 1.41 bits per heavy atom. The maximum atomic E-state index is 6.06. The number of aromatic nitrogens is 2. The normalized spacial score (nSPS) is 12.2. The zero-order valence-corrected chi connectivity index (χ0v) is 11.8. The van der Waals surface area contributed by atoms with Gasteiger partial charge in [-0.3, -0.25) is 4.68 Å². The van der Waals surface area contributed by atoms with Gasteiger partial charge in [-0.25, -0.2) is 0 Å². The summed E-state index contributed by atoms with van der Waals surface area (Å²) in [4.78, 5) is 2.19. The summed E-state index contributed by atoms with van der Waals surface area (Å²) in [7, 11) is 6.07. The minimum absolute atomic E-state index is 0.0725. The Hall–Kier alpha value is -1.23. The Labute approximate surface area is 104 Å². The van der Waals surface area contributed by atoms with Gasteiger partial charge < -0.3 is 16.0 Å². The first kappa shape index (κ1) is 13.8. The van der Waals surface area contributed by atoms with Crippen LogP contribution in [0.1, 0.15) is 26.5 Å². The van der Waals surface area contributed by atoms with Crippen LogP contribution in [0.25, 0.3) is 0 Å². The highest BCUT2D eigenvalue weighted by Crippen LogP contribution is 2.23. The van der Waals surface area contributed by atoms with Crippen LogP contribution in [0, 0.1) is 0 Å². The number of nitrogen functional groups attached to an aromatic ring is 1. The minimum Gasteiger partial charge on any atom is -0.394 e. The zero-order chi connectivity index (χ0) is 13.2. The number of aryl methyl sites for hydroxylation is 2. The fraction of sp³-hybridized carbons (Fsp3) is 0.750. The van der Waals surface area contributed by atoms with Gasteiger partial charge in [0.2, 0.25) is 0 Å². The van der Waals surface area contributed by atoms with Gasteiger partial charge in [0.15, 0.2) is 0 Å². The molecule has 0 aliphatic rings. The second kappa shape index (κ2) is 4.96. The van der Waals surface area contributed by atoms with Gasteiger partial charge in [-0.2, -0.15) is 5.10 Å². The van der Waals surface area contributed by atoms with E-state index in [0.717, 1.165) is 30.2 Å². The first-order chi connectivity index (χ1) is 7.79. The zero-order valence-electron chi connectivity index (χ0n) is 11.8. The molecule has 0 saturated carbocycles. The maximum Gasteiger partial charge on any atom is 0.147 e. The third kappa shape index (κ3) is 2.91. The Morgan fingerprint density at radius 2 is 2.00 bits per heavy atom. The Balaban J connectivity index is 2.80. The Kier molecular flexibility index (Phi) is 4.03. The van der Waals surface area contributed by atoms with E-state index in [2.05, 4.69) is 50.2 Å². The number of hydrogen-bond acceptors (Lipinski definition) is 4. The molecule has 0 aromatic carbocycles. The van der Waals surface area contributed by atoms with Crippen molar-refractivity contribution in [3.63, 3.8) is 0 Å². The highest BCUT2D eigenvalue weighted by Gasteiger charge is 2.21. The SMILES string of the molecule is CCc1nn(C)c(NCC(C)(C)N(C)C)c1N. The van der Waals surface area contributed by atoms with Crippen molar-refractivity contribution in [2.75, 3.05) is 31.7 Å². The van der Waals surface area contributed by atoms with Crippen LogP contribution in [0.15, 0.2) is 0 Å². The van der Waals surface area contributed by atoms with Crippen LogP contribution in [0.3, 0.4) is 0 Å². The van der Waals surface area contributed by atoms with Crippen LogP contribution in [-0.2, 0) is 13.5 Å². The van der Waals surface area contributed by atoms with Crippen molar-refractivity contribution in [3.05, 3.63) is 5.69 Å². The highest BCUT2D eigenvalue weighted by molar-refractivity contribution is 5.65. The van der Waals surface area contributed by atoms with Gasteiger partial charge in [0, 0.05) is 19.1 Å². The molecule has 0 amide bonds. The van der Waals surface area contributed by atoms with Gasteiger partial charge in [-0.05, 0) is 34.4 Å². The van der Waals surface area contributed by atoms with Crippen molar-refractivity contribution in [2.24, 2.45) is 7.05 Å². The molecule has 3 N–H and O–H groups in total. The quantitative estimate of drug-likeness (QED) is 0.813. The predicted octanol–water partition coefficient (Wildman–Crippen LogP) is 1.32. The van der Waals surface area contributed by atoms with E-state index in [9.17, 15) is 0 Å². The minimum atomic E-state index is 0.0725. The van der Waals surface area contributed by atoms with Crippen LogP contribution in [0.2, 0.25) is 0 Å². The van der Waals surface area contributed by atoms with E-state index in [-0.39, 0.29) is 5.54 Å². The molecule has 0 aliphatic heterocycles. The molecule has 0 radical (unpaired) electrons. The molecule has 17 heavy (non-hydrogen) atoms. The largest absolute Gasteiger partial charge is 0.394 e. The smallest absolute Gasteiger partial charge is 0.147 e. The third-order valence-corrected chi connectivity index (χ3v) is 3.39. The lowest BCUT2D eigenvalue weighted by molar-refractivity contribution is 0.210. The maximum absolute atomic E-state index is 6.06. The first-order valence-corrected chi connectivity index (χ1v) is 6.02. The van der Waals surface area contributed by atoms with E-state index in [4.69, 9.17) is 5.73 Å². The van der Waals surface area contributed by atoms with Crippen molar-refractivity contribution in [2.45, 2.75) is 32.7 Å². The standard InChI is InChI=1S/C12H25N5/c1-7-9-10(13)11(17(6)15-9)14-8-12(2,3)16(4)5/h14H,7-8,13H2,1-6H3. The lowest BCUT2D eigenvalue weighted by atomic mass is 10.0. The summed E-state index contributed by atoms with van der Waals surface area (Å²) in [6, 6.07) is 0. The summed E-state index contributed by atoms with van der Waals surface area (Å²) in [6.45, 7) is 7.26. The summed E-state index contributed by atoms with van der Waals surface area (Å²) < 4.78 is 1.82. The fourth-order valence-electron chi connectivity index (χ4n) is 1.52. The van der Waals surface area contributed by atoms with E-state index in [0.29, 0.717) is 0 Å². The number of nitrogens with zero attached hydrogens (tertiary/aromatic N) is 3. The summed E-state index contributed by atoms with van der Waals surface area (Å²) >= 11 is 0. The Morgan fingerprint density at radius 3 is 2.41 bits per heavy atom. The van der Waals surface area contributed by atoms with Crippen molar-refractivity contribution in [1.82, 2.24) is 14.7 Å². The average molecular weight is 239 g/mol. The molecule has 5 heteroatoms. The van der Waals surface area contributed by atoms with Gasteiger partial charge in [-0.15, -0.1) is 0 Å². The van der Waals surface area contributed by atoms with E-state index < -0.39 is 0 Å². The second-order valence-electron chi connectivity index (χ2n) is 5.25. The number of nitrogens with two attached hydrogens (primary N) is 1. The van der Waals surface area contributed by atoms with Crippen LogP contribution >= 0.6 is 0 Å². The molecule has 0 atom stereocenters. The van der Waals surface area contributed by atoms with Crippen molar-refractivity contribution < 1.29 is 0 Å². The van der Waals surface area contributed by atoms with Gasteiger partial charge in [0.05, 0.1) is 11.4 Å². The summed E-state index contributed by atoms with van der Waals surface area (Å²) in [5.74, 6) is 0.914. The fourth-order valence-corrected chi connectivity index (χ4v) is 1.52. The molecule has 1 aromatic rings. The van der Waals surface area contributed by atoms with Gasteiger partial charge >= 0.3 is 0 Å². The number of nitrogens with one attached hydrogen (secondary N) is 1. The molecular weight excluding hydrogens is 214 g/mol. The molecule has 5 nitrogen and oxygen atoms in total. The molecule has 0 saturated heterocycles. The van der Waals surface area contributed by atoms with Crippen LogP contribution < -0.4 is 11.1 Å². The van der Waals surface area contributed by atoms with Gasteiger partial charge in [0.25, 0.3) is 0 Å². The van der Waals surface area contributed by atoms with Gasteiger partial charge in [0.1, 0.15) is 5.82 Å². The van der Waals surface area contributed by atoms with E-state index in [1.54, 1.807) is 0 Å². The third-order valence-electron chi connectivity index (χ3n) is 3.39. The van der Waals surface area contributed by atoms with Crippen LogP contribution in [0.5, 0.6) is 0 Å². The molecule has 0 aliphatic carbocycles. The molecule has 0 bridgehead atoms. The molecule has 0 spiro atoms. The topological polar surface area (TPSA) is 59.1 Å². The number of likely N-dealkylation sites (N-methyl/N-ethyl adjacent to an activating group) is 1.